The van der Waals surface area contributed by atoms with Gasteiger partial charge in [-0.3, -0.25) is 4.79 Å². The van der Waals surface area contributed by atoms with Gasteiger partial charge < -0.3 is 9.64 Å². The molecule has 0 unspecified atom stereocenters. The summed E-state index contributed by atoms with van der Waals surface area (Å²) in [6.07, 6.45) is 0.973. The van der Waals surface area contributed by atoms with E-state index in [2.05, 4.69) is 0 Å². The van der Waals surface area contributed by atoms with E-state index in [0.717, 1.165) is 12.0 Å². The van der Waals surface area contributed by atoms with Crippen molar-refractivity contribution in [2.45, 2.75) is 26.7 Å². The lowest BCUT2D eigenvalue weighted by molar-refractivity contribution is -0.139. The van der Waals surface area contributed by atoms with Crippen molar-refractivity contribution in [1.82, 2.24) is 4.90 Å². The van der Waals surface area contributed by atoms with E-state index in [-0.39, 0.29) is 12.3 Å². The maximum atomic E-state index is 12.1. The van der Waals surface area contributed by atoms with Gasteiger partial charge in [-0.2, -0.15) is 0 Å². The molecule has 0 N–H and O–H groups in total. The van der Waals surface area contributed by atoms with Crippen LogP contribution in [0.15, 0.2) is 35.9 Å². The first-order chi connectivity index (χ1) is 9.69. The van der Waals surface area contributed by atoms with Crippen LogP contribution < -0.4 is 0 Å². The van der Waals surface area contributed by atoms with Gasteiger partial charge in [0.05, 0.1) is 24.3 Å². The number of hydrogen-bond acceptors (Lipinski definition) is 3. The molecule has 1 aromatic rings. The molecule has 1 amide bonds. The molecule has 0 saturated carbocycles. The third kappa shape index (κ3) is 2.74. The number of nitrogens with zero attached hydrogens (tertiary/aromatic N) is 1. The number of carbonyl (C=O) groups excluding carboxylic acids is 2. The van der Waals surface area contributed by atoms with Gasteiger partial charge in [-0.05, 0) is 18.9 Å². The smallest absolute Gasteiger partial charge is 0.336 e. The van der Waals surface area contributed by atoms with Crippen LogP contribution in [0.25, 0.3) is 5.70 Å². The van der Waals surface area contributed by atoms with Crippen LogP contribution in [-0.2, 0) is 14.3 Å². The summed E-state index contributed by atoms with van der Waals surface area (Å²) in [6.45, 7) is 4.71. The highest BCUT2D eigenvalue weighted by atomic mass is 16.5. The Kier molecular flexibility index (Phi) is 4.56. The number of rotatable bonds is 5. The quantitative estimate of drug-likeness (QED) is 0.775. The summed E-state index contributed by atoms with van der Waals surface area (Å²) in [5, 5.41) is 0. The molecule has 20 heavy (non-hydrogen) atoms. The summed E-state index contributed by atoms with van der Waals surface area (Å²) in [5.41, 5.74) is 2.06. The zero-order valence-electron chi connectivity index (χ0n) is 11.9. The Hall–Kier alpha value is -2.10. The lowest BCUT2D eigenvalue weighted by atomic mass is 10.1. The summed E-state index contributed by atoms with van der Waals surface area (Å²) >= 11 is 0. The van der Waals surface area contributed by atoms with E-state index < -0.39 is 5.97 Å². The van der Waals surface area contributed by atoms with E-state index in [1.807, 2.05) is 37.3 Å². The standard InChI is InChI=1S/C16H19NO3/c1-3-10-17-14(18)11-13(16(19)20-4-2)15(17)12-8-6-5-7-9-12/h5-9H,3-4,10-11H2,1-2H3. The molecule has 1 aromatic carbocycles. The van der Waals surface area contributed by atoms with Gasteiger partial charge in [-0.15, -0.1) is 0 Å². The van der Waals surface area contributed by atoms with Crippen molar-refractivity contribution in [3.63, 3.8) is 0 Å². The third-order valence-corrected chi connectivity index (χ3v) is 3.20. The fraction of sp³-hybridized carbons (Fsp3) is 0.375. The average Bonchev–Trinajstić information content (AvgIpc) is 2.78. The predicted octanol–water partition coefficient (Wildman–Crippen LogP) is 2.60. The lowest BCUT2D eigenvalue weighted by Crippen LogP contribution is -2.25. The summed E-state index contributed by atoms with van der Waals surface area (Å²) < 4.78 is 5.08. The second-order valence-electron chi connectivity index (χ2n) is 4.64. The molecule has 106 valence electrons. The minimum absolute atomic E-state index is 0.0336. The van der Waals surface area contributed by atoms with Crippen LogP contribution in [0.3, 0.4) is 0 Å². The van der Waals surface area contributed by atoms with Crippen LogP contribution in [-0.4, -0.2) is 29.9 Å². The number of hydrogen-bond donors (Lipinski definition) is 0. The van der Waals surface area contributed by atoms with Crippen LogP contribution in [0.2, 0.25) is 0 Å². The summed E-state index contributed by atoms with van der Waals surface area (Å²) in [4.78, 5) is 25.9. The van der Waals surface area contributed by atoms with Crippen molar-refractivity contribution in [3.8, 4) is 0 Å². The van der Waals surface area contributed by atoms with Crippen molar-refractivity contribution in [2.75, 3.05) is 13.2 Å². The first-order valence-electron chi connectivity index (χ1n) is 6.95. The van der Waals surface area contributed by atoms with Gasteiger partial charge in [0.15, 0.2) is 0 Å². The van der Waals surface area contributed by atoms with Gasteiger partial charge in [0, 0.05) is 6.54 Å². The first kappa shape index (κ1) is 14.3. The minimum Gasteiger partial charge on any atom is -0.463 e. The molecule has 1 aliphatic heterocycles. The number of esters is 1. The molecule has 2 rings (SSSR count). The maximum absolute atomic E-state index is 12.1. The molecular formula is C16H19NO3. The highest BCUT2D eigenvalue weighted by Crippen LogP contribution is 2.33. The molecule has 1 aliphatic rings. The topological polar surface area (TPSA) is 46.6 Å². The summed E-state index contributed by atoms with van der Waals surface area (Å²) in [7, 11) is 0. The first-order valence-corrected chi connectivity index (χ1v) is 6.95. The lowest BCUT2D eigenvalue weighted by Gasteiger charge is -2.20. The van der Waals surface area contributed by atoms with Crippen LogP contribution >= 0.6 is 0 Å². The van der Waals surface area contributed by atoms with E-state index in [0.29, 0.717) is 24.4 Å². The molecule has 4 nitrogen and oxygen atoms in total. The number of carbonyl (C=O) groups is 2. The fourth-order valence-corrected chi connectivity index (χ4v) is 2.39. The van der Waals surface area contributed by atoms with Gasteiger partial charge in [-0.1, -0.05) is 37.3 Å². The molecule has 0 saturated heterocycles. The van der Waals surface area contributed by atoms with Crippen molar-refractivity contribution in [1.29, 1.82) is 0 Å². The second kappa shape index (κ2) is 6.37. The largest absolute Gasteiger partial charge is 0.463 e. The highest BCUT2D eigenvalue weighted by molar-refractivity contribution is 6.09. The zero-order chi connectivity index (χ0) is 14.5. The Morgan fingerprint density at radius 3 is 2.55 bits per heavy atom. The van der Waals surface area contributed by atoms with Crippen molar-refractivity contribution >= 4 is 17.6 Å². The Balaban J connectivity index is 2.46. The van der Waals surface area contributed by atoms with Crippen LogP contribution in [0, 0.1) is 0 Å². The summed E-state index contributed by atoms with van der Waals surface area (Å²) in [5.74, 6) is -0.424. The Bertz CT molecular complexity index is 534. The average molecular weight is 273 g/mol. The SMILES string of the molecule is CCCN1C(=O)CC(C(=O)OCC)=C1c1ccccc1. The molecule has 0 fully saturated rings. The number of amides is 1. The molecule has 0 radical (unpaired) electrons. The monoisotopic (exact) mass is 273 g/mol. The van der Waals surface area contributed by atoms with Crippen LogP contribution in [0.5, 0.6) is 0 Å². The highest BCUT2D eigenvalue weighted by Gasteiger charge is 2.34. The molecule has 0 aromatic heterocycles. The van der Waals surface area contributed by atoms with Crippen molar-refractivity contribution < 1.29 is 14.3 Å². The van der Waals surface area contributed by atoms with E-state index in [1.54, 1.807) is 11.8 Å². The second-order valence-corrected chi connectivity index (χ2v) is 4.64. The number of ether oxygens (including phenoxy) is 1. The molecule has 0 atom stereocenters. The fourth-order valence-electron chi connectivity index (χ4n) is 2.39. The van der Waals surface area contributed by atoms with E-state index in [4.69, 9.17) is 4.74 Å². The van der Waals surface area contributed by atoms with E-state index >= 15 is 0 Å². The Morgan fingerprint density at radius 2 is 1.95 bits per heavy atom. The maximum Gasteiger partial charge on any atom is 0.336 e. The van der Waals surface area contributed by atoms with E-state index in [1.165, 1.54) is 0 Å². The van der Waals surface area contributed by atoms with Gasteiger partial charge in [0.1, 0.15) is 0 Å². The van der Waals surface area contributed by atoms with Gasteiger partial charge in [0.25, 0.3) is 0 Å². The van der Waals surface area contributed by atoms with Gasteiger partial charge >= 0.3 is 5.97 Å². The van der Waals surface area contributed by atoms with Crippen molar-refractivity contribution in [2.24, 2.45) is 0 Å². The van der Waals surface area contributed by atoms with Gasteiger partial charge in [-0.25, -0.2) is 4.79 Å². The van der Waals surface area contributed by atoms with Crippen LogP contribution in [0.1, 0.15) is 32.3 Å². The van der Waals surface area contributed by atoms with Crippen LogP contribution in [0.4, 0.5) is 0 Å². The molecular weight excluding hydrogens is 254 g/mol. The zero-order valence-corrected chi connectivity index (χ0v) is 11.9. The normalized spacial score (nSPS) is 14.9. The summed E-state index contributed by atoms with van der Waals surface area (Å²) in [6, 6.07) is 9.54. The molecule has 0 spiro atoms. The van der Waals surface area contributed by atoms with E-state index in [9.17, 15) is 9.59 Å². The van der Waals surface area contributed by atoms with Gasteiger partial charge in [0.2, 0.25) is 5.91 Å². The Morgan fingerprint density at radius 1 is 1.25 bits per heavy atom. The predicted molar refractivity (Wildman–Crippen MR) is 76.6 cm³/mol. The van der Waals surface area contributed by atoms with Crippen molar-refractivity contribution in [3.05, 3.63) is 41.5 Å². The third-order valence-electron chi connectivity index (χ3n) is 3.20. The molecule has 4 heteroatoms. The Labute approximate surface area is 119 Å². The molecule has 0 aliphatic carbocycles. The minimum atomic E-state index is -0.390. The number of benzene rings is 1. The molecule has 1 heterocycles. The molecule has 0 bridgehead atoms.